The number of amides is 1. The number of hydrogen-bond donors (Lipinski definition) is 0. The van der Waals surface area contributed by atoms with E-state index in [1.54, 1.807) is 0 Å². The summed E-state index contributed by atoms with van der Waals surface area (Å²) in [5.41, 5.74) is -0.964. The number of alkyl halides is 3. The molecule has 1 aromatic carbocycles. The molecule has 0 radical (unpaired) electrons. The van der Waals surface area contributed by atoms with Crippen molar-refractivity contribution in [2.24, 2.45) is 0 Å². The summed E-state index contributed by atoms with van der Waals surface area (Å²) >= 11 is 0. The lowest BCUT2D eigenvalue weighted by molar-refractivity contribution is -0.385. The van der Waals surface area contributed by atoms with Gasteiger partial charge in [-0.3, -0.25) is 19.5 Å². The summed E-state index contributed by atoms with van der Waals surface area (Å²) in [5.74, 6) is -0.493. The Kier molecular flexibility index (Phi) is 6.22. The van der Waals surface area contributed by atoms with Gasteiger partial charge in [-0.25, -0.2) is 9.48 Å². The lowest BCUT2D eigenvalue weighted by Crippen LogP contribution is -2.42. The third kappa shape index (κ3) is 5.05. The van der Waals surface area contributed by atoms with Gasteiger partial charge in [-0.15, -0.1) is 0 Å². The molecule has 1 aromatic heterocycles. The highest BCUT2D eigenvalue weighted by Crippen LogP contribution is 2.23. The van der Waals surface area contributed by atoms with E-state index in [4.69, 9.17) is 0 Å². The van der Waals surface area contributed by atoms with E-state index in [9.17, 15) is 32.9 Å². The molecule has 0 atom stereocenters. The van der Waals surface area contributed by atoms with Crippen LogP contribution in [0.4, 0.5) is 18.9 Å². The van der Waals surface area contributed by atoms with Crippen LogP contribution in [-0.2, 0) is 30.8 Å². The van der Waals surface area contributed by atoms with Crippen molar-refractivity contribution >= 4 is 11.6 Å². The van der Waals surface area contributed by atoms with Crippen molar-refractivity contribution in [2.75, 3.05) is 6.54 Å². The first-order valence-electron chi connectivity index (χ1n) is 9.39. The van der Waals surface area contributed by atoms with Crippen LogP contribution >= 0.6 is 0 Å². The van der Waals surface area contributed by atoms with Gasteiger partial charge >= 0.3 is 11.9 Å². The van der Waals surface area contributed by atoms with Crippen molar-refractivity contribution in [3.8, 4) is 0 Å². The second-order valence-corrected chi connectivity index (χ2v) is 7.07. The molecule has 1 aliphatic heterocycles. The summed E-state index contributed by atoms with van der Waals surface area (Å²) in [4.78, 5) is 36.0. The number of carbonyl (C=O) groups excluding carboxylic acids is 1. The standard InChI is InChI=1S/C18H20F3N5O4/c19-18(20,21)12-23(10-13-6-3-4-7-14(13)26(29)30)16(27)11-25-17(28)24-9-5-1-2-8-15(24)22-25/h3-4,6-7H,1-2,5,8-12H2. The van der Waals surface area contributed by atoms with Crippen molar-refractivity contribution in [3.63, 3.8) is 0 Å². The molecule has 0 N–H and O–H groups in total. The Balaban J connectivity index is 1.85. The molecule has 9 nitrogen and oxygen atoms in total. The maximum absolute atomic E-state index is 13.1. The molecule has 2 aromatic rings. The molecule has 0 fully saturated rings. The molecule has 0 bridgehead atoms. The summed E-state index contributed by atoms with van der Waals surface area (Å²) in [7, 11) is 0. The van der Waals surface area contributed by atoms with Gasteiger partial charge < -0.3 is 4.90 Å². The van der Waals surface area contributed by atoms with Crippen LogP contribution in [0.25, 0.3) is 0 Å². The second-order valence-electron chi connectivity index (χ2n) is 7.07. The molecule has 0 spiro atoms. The normalized spacial score (nSPS) is 14.1. The predicted octanol–water partition coefficient (Wildman–Crippen LogP) is 2.27. The van der Waals surface area contributed by atoms with Gasteiger partial charge in [-0.2, -0.15) is 18.3 Å². The van der Waals surface area contributed by atoms with Crippen molar-refractivity contribution < 1.29 is 22.9 Å². The number of para-hydroxylation sites is 1. The maximum atomic E-state index is 13.1. The molecule has 2 heterocycles. The minimum absolute atomic E-state index is 0.0342. The Morgan fingerprint density at radius 3 is 2.67 bits per heavy atom. The van der Waals surface area contributed by atoms with E-state index in [0.717, 1.165) is 30.0 Å². The number of aromatic nitrogens is 3. The van der Waals surface area contributed by atoms with E-state index in [1.165, 1.54) is 22.8 Å². The highest BCUT2D eigenvalue weighted by molar-refractivity contribution is 5.76. The Morgan fingerprint density at radius 1 is 1.23 bits per heavy atom. The van der Waals surface area contributed by atoms with E-state index >= 15 is 0 Å². The predicted molar refractivity (Wildman–Crippen MR) is 98.6 cm³/mol. The van der Waals surface area contributed by atoms with Crippen LogP contribution in [0.1, 0.15) is 30.7 Å². The van der Waals surface area contributed by atoms with Crippen LogP contribution < -0.4 is 5.69 Å². The molecule has 0 aliphatic carbocycles. The molecular formula is C18H20F3N5O4. The van der Waals surface area contributed by atoms with Gasteiger partial charge in [0.25, 0.3) is 5.69 Å². The van der Waals surface area contributed by atoms with E-state index < -0.39 is 42.3 Å². The van der Waals surface area contributed by atoms with Crippen LogP contribution in [-0.4, -0.2) is 42.8 Å². The summed E-state index contributed by atoms with van der Waals surface area (Å²) < 4.78 is 41.5. The largest absolute Gasteiger partial charge is 0.406 e. The van der Waals surface area contributed by atoms with E-state index in [1.807, 2.05) is 0 Å². The molecule has 1 amide bonds. The van der Waals surface area contributed by atoms with E-state index in [-0.39, 0.29) is 11.3 Å². The molecule has 30 heavy (non-hydrogen) atoms. The van der Waals surface area contributed by atoms with Crippen LogP contribution in [0.15, 0.2) is 29.1 Å². The minimum Gasteiger partial charge on any atom is -0.327 e. The Bertz CT molecular complexity index is 998. The topological polar surface area (TPSA) is 103 Å². The summed E-state index contributed by atoms with van der Waals surface area (Å²) in [5, 5.41) is 15.3. The maximum Gasteiger partial charge on any atom is 0.406 e. The number of carbonyl (C=O) groups is 1. The highest BCUT2D eigenvalue weighted by atomic mass is 19.4. The summed E-state index contributed by atoms with van der Waals surface area (Å²) in [6.07, 6.45) is -1.60. The number of rotatable bonds is 6. The Labute approximate surface area is 168 Å². The quantitative estimate of drug-likeness (QED) is 0.520. The highest BCUT2D eigenvalue weighted by Gasteiger charge is 2.34. The number of nitro groups is 1. The molecule has 0 saturated carbocycles. The molecule has 12 heteroatoms. The Hall–Kier alpha value is -3.18. The molecular weight excluding hydrogens is 407 g/mol. The third-order valence-corrected chi connectivity index (χ3v) is 4.84. The zero-order valence-corrected chi connectivity index (χ0v) is 16.0. The smallest absolute Gasteiger partial charge is 0.327 e. The van der Waals surface area contributed by atoms with Crippen LogP contribution in [0.2, 0.25) is 0 Å². The number of nitro benzene ring substituents is 1. The lowest BCUT2D eigenvalue weighted by atomic mass is 10.1. The molecule has 3 rings (SSSR count). The lowest BCUT2D eigenvalue weighted by Gasteiger charge is -2.23. The van der Waals surface area contributed by atoms with Gasteiger partial charge in [0.2, 0.25) is 5.91 Å². The van der Waals surface area contributed by atoms with E-state index in [2.05, 4.69) is 5.10 Å². The van der Waals surface area contributed by atoms with Crippen molar-refractivity contribution in [1.82, 2.24) is 19.2 Å². The van der Waals surface area contributed by atoms with Gasteiger partial charge in [0, 0.05) is 24.6 Å². The fourth-order valence-corrected chi connectivity index (χ4v) is 3.43. The summed E-state index contributed by atoms with van der Waals surface area (Å²) in [6.45, 7) is -2.43. The zero-order chi connectivity index (χ0) is 21.9. The van der Waals surface area contributed by atoms with Crippen molar-refractivity contribution in [3.05, 3.63) is 56.3 Å². The number of nitrogens with zero attached hydrogens (tertiary/aromatic N) is 5. The number of hydrogen-bond acceptors (Lipinski definition) is 5. The van der Waals surface area contributed by atoms with Crippen LogP contribution in [0.5, 0.6) is 0 Å². The zero-order valence-electron chi connectivity index (χ0n) is 16.0. The molecule has 162 valence electrons. The van der Waals surface area contributed by atoms with Gasteiger partial charge in [-0.05, 0) is 12.8 Å². The fourth-order valence-electron chi connectivity index (χ4n) is 3.43. The number of halogens is 3. The SMILES string of the molecule is O=C(Cn1nc2n(c1=O)CCCCC2)N(Cc1ccccc1[N+](=O)[O-])CC(F)(F)F. The van der Waals surface area contributed by atoms with Crippen molar-refractivity contribution in [2.45, 2.75) is 51.5 Å². The van der Waals surface area contributed by atoms with E-state index in [0.29, 0.717) is 23.7 Å². The third-order valence-electron chi connectivity index (χ3n) is 4.84. The number of aryl methyl sites for hydroxylation is 1. The fraction of sp³-hybridized carbons (Fsp3) is 0.500. The second kappa shape index (κ2) is 8.67. The van der Waals surface area contributed by atoms with Crippen LogP contribution in [0, 0.1) is 10.1 Å². The Morgan fingerprint density at radius 2 is 1.97 bits per heavy atom. The first-order valence-corrected chi connectivity index (χ1v) is 9.39. The van der Waals surface area contributed by atoms with Gasteiger partial charge in [-0.1, -0.05) is 24.6 Å². The minimum atomic E-state index is -4.71. The summed E-state index contributed by atoms with van der Waals surface area (Å²) in [6, 6.07) is 5.27. The van der Waals surface area contributed by atoms with Gasteiger partial charge in [0.15, 0.2) is 0 Å². The van der Waals surface area contributed by atoms with Gasteiger partial charge in [0.1, 0.15) is 18.9 Å². The number of benzene rings is 1. The molecule has 0 unspecified atom stereocenters. The average molecular weight is 427 g/mol. The number of fused-ring (bicyclic) bond motifs is 1. The van der Waals surface area contributed by atoms with Crippen LogP contribution in [0.3, 0.4) is 0 Å². The molecule has 1 aliphatic rings. The first-order chi connectivity index (χ1) is 14.2. The molecule has 0 saturated heterocycles. The van der Waals surface area contributed by atoms with Gasteiger partial charge in [0.05, 0.1) is 11.5 Å². The monoisotopic (exact) mass is 427 g/mol. The first kappa shape index (κ1) is 21.5. The average Bonchev–Trinajstić information content (AvgIpc) is 2.83. The van der Waals surface area contributed by atoms with Crippen molar-refractivity contribution in [1.29, 1.82) is 0 Å².